The van der Waals surface area contributed by atoms with E-state index in [1.807, 2.05) is 0 Å². The minimum absolute atomic E-state index is 0.218. The van der Waals surface area contributed by atoms with Crippen molar-refractivity contribution < 1.29 is 8.42 Å². The summed E-state index contributed by atoms with van der Waals surface area (Å²) in [5.74, 6) is 0. The van der Waals surface area contributed by atoms with Gasteiger partial charge in [-0.15, -0.1) is 0 Å². The molecule has 1 heterocycles. The van der Waals surface area contributed by atoms with Crippen LogP contribution in [0.2, 0.25) is 0 Å². The summed E-state index contributed by atoms with van der Waals surface area (Å²) in [6.07, 6.45) is 3.05. The van der Waals surface area contributed by atoms with E-state index >= 15 is 0 Å². The molecule has 1 saturated heterocycles. The first-order chi connectivity index (χ1) is 6.01. The smallest absolute Gasteiger partial charge is 0.274 e. The fourth-order valence-corrected chi connectivity index (χ4v) is 2.46. The summed E-state index contributed by atoms with van der Waals surface area (Å²) in [6, 6.07) is 0.218. The third-order valence-corrected chi connectivity index (χ3v) is 3.64. The van der Waals surface area contributed by atoms with Crippen LogP contribution in [0.25, 0.3) is 0 Å². The summed E-state index contributed by atoms with van der Waals surface area (Å²) in [5, 5.41) is 8.63. The molecule has 2 atom stereocenters. The molecule has 0 aliphatic carbocycles. The van der Waals surface area contributed by atoms with Gasteiger partial charge in [-0.25, -0.2) is 9.86 Å². The Morgan fingerprint density at radius 1 is 1.69 bits per heavy atom. The van der Waals surface area contributed by atoms with E-state index < -0.39 is 10.2 Å². The highest BCUT2D eigenvalue weighted by molar-refractivity contribution is 7.99. The Labute approximate surface area is 83.0 Å². The van der Waals surface area contributed by atoms with Crippen LogP contribution in [0.1, 0.15) is 6.42 Å². The van der Waals surface area contributed by atoms with Gasteiger partial charge in [-0.2, -0.15) is 20.2 Å². The fraction of sp³-hybridized carbons (Fsp3) is 1.00. The molecular formula is C6H15N3O2S2. The Kier molecular flexibility index (Phi) is 3.99. The minimum atomic E-state index is -3.53. The first kappa shape index (κ1) is 11.3. The molecule has 7 heteroatoms. The molecule has 13 heavy (non-hydrogen) atoms. The Bertz CT molecular complexity index is 255. The van der Waals surface area contributed by atoms with E-state index in [2.05, 4.69) is 16.3 Å². The maximum Gasteiger partial charge on any atom is 0.274 e. The van der Waals surface area contributed by atoms with Crippen molar-refractivity contribution in [1.29, 1.82) is 0 Å². The van der Waals surface area contributed by atoms with Gasteiger partial charge in [0.15, 0.2) is 0 Å². The van der Waals surface area contributed by atoms with Gasteiger partial charge in [-0.1, -0.05) is 0 Å². The molecule has 4 N–H and O–H groups in total. The van der Waals surface area contributed by atoms with Crippen LogP contribution in [-0.2, 0) is 10.2 Å². The summed E-state index contributed by atoms with van der Waals surface area (Å²) in [6.45, 7) is 1.33. The van der Waals surface area contributed by atoms with Gasteiger partial charge in [-0.3, -0.25) is 0 Å². The Hall–Kier alpha value is 0.180. The molecule has 1 rings (SSSR count). The fourth-order valence-electron chi connectivity index (χ4n) is 1.33. The zero-order valence-corrected chi connectivity index (χ0v) is 9.12. The molecule has 1 aliphatic heterocycles. The van der Waals surface area contributed by atoms with Crippen molar-refractivity contribution in [3.05, 3.63) is 0 Å². The number of nitrogens with two attached hydrogens (primary N) is 1. The van der Waals surface area contributed by atoms with Crippen molar-refractivity contribution in [3.8, 4) is 0 Å². The van der Waals surface area contributed by atoms with E-state index in [1.54, 1.807) is 11.8 Å². The van der Waals surface area contributed by atoms with Gasteiger partial charge in [0, 0.05) is 24.4 Å². The molecule has 0 bridgehead atoms. The van der Waals surface area contributed by atoms with Crippen LogP contribution >= 0.6 is 11.8 Å². The molecule has 5 nitrogen and oxygen atoms in total. The molecule has 0 amide bonds. The van der Waals surface area contributed by atoms with Gasteiger partial charge in [0.1, 0.15) is 0 Å². The Morgan fingerprint density at radius 2 is 2.38 bits per heavy atom. The van der Waals surface area contributed by atoms with E-state index in [-0.39, 0.29) is 6.04 Å². The normalized spacial score (nSPS) is 29.4. The van der Waals surface area contributed by atoms with Gasteiger partial charge < -0.3 is 5.32 Å². The third kappa shape index (κ3) is 4.28. The average Bonchev–Trinajstić information content (AvgIpc) is 2.47. The van der Waals surface area contributed by atoms with Gasteiger partial charge in [0.05, 0.1) is 0 Å². The first-order valence-electron chi connectivity index (χ1n) is 4.05. The molecular weight excluding hydrogens is 210 g/mol. The second kappa shape index (κ2) is 4.61. The highest BCUT2D eigenvalue weighted by Crippen LogP contribution is 2.17. The second-order valence-corrected chi connectivity index (χ2v) is 5.61. The lowest BCUT2D eigenvalue weighted by Crippen LogP contribution is -2.40. The summed E-state index contributed by atoms with van der Waals surface area (Å²) in [5.41, 5.74) is 0. The molecule has 78 valence electrons. The molecule has 2 unspecified atom stereocenters. The number of rotatable bonds is 4. The van der Waals surface area contributed by atoms with Gasteiger partial charge >= 0.3 is 0 Å². The van der Waals surface area contributed by atoms with Crippen LogP contribution < -0.4 is 15.2 Å². The SMILES string of the molecule is CSC1CNC(CNS(N)(=O)=O)C1. The predicted octanol–water partition coefficient (Wildman–Crippen LogP) is -1.13. The quantitative estimate of drug-likeness (QED) is 0.565. The largest absolute Gasteiger partial charge is 0.312 e. The maximum absolute atomic E-state index is 10.6. The molecule has 1 fully saturated rings. The zero-order valence-electron chi connectivity index (χ0n) is 7.49. The van der Waals surface area contributed by atoms with E-state index in [9.17, 15) is 8.42 Å². The molecule has 0 spiro atoms. The van der Waals surface area contributed by atoms with Gasteiger partial charge in [0.25, 0.3) is 10.2 Å². The number of nitrogens with one attached hydrogen (secondary N) is 2. The number of hydrogen-bond acceptors (Lipinski definition) is 4. The van der Waals surface area contributed by atoms with Crippen molar-refractivity contribution in [1.82, 2.24) is 10.0 Å². The summed E-state index contributed by atoms with van der Waals surface area (Å²) in [4.78, 5) is 0. The Balaban J connectivity index is 2.25. The van der Waals surface area contributed by atoms with Crippen LogP contribution in [0, 0.1) is 0 Å². The maximum atomic E-state index is 10.6. The average molecular weight is 225 g/mol. The molecule has 0 radical (unpaired) electrons. The van der Waals surface area contributed by atoms with E-state index in [0.29, 0.717) is 11.8 Å². The second-order valence-electron chi connectivity index (χ2n) is 3.09. The van der Waals surface area contributed by atoms with Crippen LogP contribution in [0.15, 0.2) is 0 Å². The summed E-state index contributed by atoms with van der Waals surface area (Å²) < 4.78 is 23.4. The molecule has 0 aromatic carbocycles. The van der Waals surface area contributed by atoms with Crippen molar-refractivity contribution in [2.24, 2.45) is 5.14 Å². The molecule has 0 saturated carbocycles. The van der Waals surface area contributed by atoms with Crippen LogP contribution in [0.3, 0.4) is 0 Å². The number of thioether (sulfide) groups is 1. The van der Waals surface area contributed by atoms with E-state index in [1.165, 1.54) is 0 Å². The zero-order chi connectivity index (χ0) is 9.90. The van der Waals surface area contributed by atoms with Crippen molar-refractivity contribution in [3.63, 3.8) is 0 Å². The predicted molar refractivity (Wildman–Crippen MR) is 54.8 cm³/mol. The van der Waals surface area contributed by atoms with Crippen LogP contribution in [0.5, 0.6) is 0 Å². The van der Waals surface area contributed by atoms with Crippen molar-refractivity contribution >= 4 is 22.0 Å². The van der Waals surface area contributed by atoms with Crippen molar-refractivity contribution in [2.75, 3.05) is 19.3 Å². The standard InChI is InChI=1S/C6H15N3O2S2/c1-12-6-2-5(8-4-6)3-9-13(7,10)11/h5-6,8-9H,2-4H2,1H3,(H2,7,10,11). The van der Waals surface area contributed by atoms with E-state index in [4.69, 9.17) is 5.14 Å². The van der Waals surface area contributed by atoms with Crippen LogP contribution in [-0.4, -0.2) is 39.1 Å². The van der Waals surface area contributed by atoms with Crippen LogP contribution in [0.4, 0.5) is 0 Å². The third-order valence-electron chi connectivity index (χ3n) is 2.05. The summed E-state index contributed by atoms with van der Waals surface area (Å²) >= 11 is 1.80. The van der Waals surface area contributed by atoms with Crippen molar-refractivity contribution in [2.45, 2.75) is 17.7 Å². The lowest BCUT2D eigenvalue weighted by Gasteiger charge is -2.09. The summed E-state index contributed by atoms with van der Waals surface area (Å²) in [7, 11) is -3.53. The highest BCUT2D eigenvalue weighted by Gasteiger charge is 2.23. The first-order valence-corrected chi connectivity index (χ1v) is 6.88. The topological polar surface area (TPSA) is 84.2 Å². The molecule has 0 aromatic heterocycles. The highest BCUT2D eigenvalue weighted by atomic mass is 32.2. The number of hydrogen-bond donors (Lipinski definition) is 3. The monoisotopic (exact) mass is 225 g/mol. The van der Waals surface area contributed by atoms with Gasteiger partial charge in [0.2, 0.25) is 0 Å². The Morgan fingerprint density at radius 3 is 2.85 bits per heavy atom. The van der Waals surface area contributed by atoms with Gasteiger partial charge in [-0.05, 0) is 12.7 Å². The molecule has 0 aromatic rings. The molecule has 1 aliphatic rings. The van der Waals surface area contributed by atoms with E-state index in [0.717, 1.165) is 13.0 Å². The lowest BCUT2D eigenvalue weighted by molar-refractivity contribution is 0.553. The lowest BCUT2D eigenvalue weighted by atomic mass is 10.2. The minimum Gasteiger partial charge on any atom is -0.312 e.